The summed E-state index contributed by atoms with van der Waals surface area (Å²) in [6.45, 7) is 1.49. The molecular formula is C13H15ClN2O3. The van der Waals surface area contributed by atoms with Gasteiger partial charge in [-0.1, -0.05) is 11.6 Å². The van der Waals surface area contributed by atoms with Crippen LogP contribution in [0.1, 0.15) is 29.6 Å². The maximum Gasteiger partial charge on any atom is 0.337 e. The van der Waals surface area contributed by atoms with Gasteiger partial charge in [-0.05, 0) is 31.2 Å². The standard InChI is InChI=1S/C13H15ClN2O3/c14-10-3-9(12(17)18)6-15-11(10)16-7-13-4-8(5-13)1-2-19-13/h3,6,8H,1-2,4-5,7H2,(H,15,16)(H,17,18). The van der Waals surface area contributed by atoms with Crippen molar-refractivity contribution in [2.24, 2.45) is 5.92 Å². The van der Waals surface area contributed by atoms with Gasteiger partial charge in [-0.15, -0.1) is 0 Å². The number of hydrogen-bond acceptors (Lipinski definition) is 4. The molecule has 1 saturated carbocycles. The van der Waals surface area contributed by atoms with Crippen molar-refractivity contribution in [1.29, 1.82) is 0 Å². The maximum absolute atomic E-state index is 10.8. The van der Waals surface area contributed by atoms with E-state index in [4.69, 9.17) is 21.4 Å². The highest BCUT2D eigenvalue weighted by molar-refractivity contribution is 6.33. The number of halogens is 1. The summed E-state index contributed by atoms with van der Waals surface area (Å²) in [7, 11) is 0. The highest BCUT2D eigenvalue weighted by Gasteiger charge is 2.48. The first kappa shape index (κ1) is 12.7. The molecule has 0 unspecified atom stereocenters. The van der Waals surface area contributed by atoms with E-state index >= 15 is 0 Å². The van der Waals surface area contributed by atoms with Crippen LogP contribution in [-0.4, -0.2) is 34.8 Å². The number of anilines is 1. The molecule has 0 aromatic carbocycles. The van der Waals surface area contributed by atoms with E-state index in [1.807, 2.05) is 0 Å². The van der Waals surface area contributed by atoms with Gasteiger partial charge in [0, 0.05) is 19.3 Å². The lowest BCUT2D eigenvalue weighted by molar-refractivity contribution is -0.168. The smallest absolute Gasteiger partial charge is 0.337 e. The molecule has 1 aromatic rings. The summed E-state index contributed by atoms with van der Waals surface area (Å²) >= 11 is 6.02. The highest BCUT2D eigenvalue weighted by Crippen LogP contribution is 2.47. The number of aromatic nitrogens is 1. The Hall–Kier alpha value is -1.33. The second-order valence-corrected chi connectivity index (χ2v) is 5.71. The van der Waals surface area contributed by atoms with Gasteiger partial charge in [0.25, 0.3) is 0 Å². The zero-order valence-corrected chi connectivity index (χ0v) is 11.1. The average Bonchev–Trinajstić information content (AvgIpc) is 2.37. The number of carboxylic acids is 1. The molecule has 2 aliphatic heterocycles. The maximum atomic E-state index is 10.8. The summed E-state index contributed by atoms with van der Waals surface area (Å²) in [5.41, 5.74) is 0.0192. The van der Waals surface area contributed by atoms with Crippen molar-refractivity contribution in [2.75, 3.05) is 18.5 Å². The number of pyridine rings is 1. The molecule has 4 rings (SSSR count). The molecule has 5 nitrogen and oxygen atoms in total. The lowest BCUT2D eigenvalue weighted by Crippen LogP contribution is -2.55. The molecule has 3 aliphatic rings. The monoisotopic (exact) mass is 282 g/mol. The van der Waals surface area contributed by atoms with Crippen molar-refractivity contribution in [3.8, 4) is 0 Å². The Kier molecular flexibility index (Phi) is 3.11. The van der Waals surface area contributed by atoms with Crippen LogP contribution in [0.2, 0.25) is 5.02 Å². The fraction of sp³-hybridized carbons (Fsp3) is 0.538. The predicted molar refractivity (Wildman–Crippen MR) is 70.7 cm³/mol. The number of rotatable bonds is 4. The van der Waals surface area contributed by atoms with E-state index < -0.39 is 5.97 Å². The fourth-order valence-corrected chi connectivity index (χ4v) is 3.11. The number of nitrogens with one attached hydrogen (secondary N) is 1. The topological polar surface area (TPSA) is 71.5 Å². The van der Waals surface area contributed by atoms with Crippen molar-refractivity contribution >= 4 is 23.4 Å². The minimum atomic E-state index is -1.03. The first-order valence-corrected chi connectivity index (χ1v) is 6.72. The van der Waals surface area contributed by atoms with Gasteiger partial charge < -0.3 is 15.2 Å². The van der Waals surface area contributed by atoms with E-state index in [9.17, 15) is 4.79 Å². The molecule has 6 heteroatoms. The Morgan fingerprint density at radius 3 is 3.00 bits per heavy atom. The van der Waals surface area contributed by atoms with Gasteiger partial charge in [-0.2, -0.15) is 0 Å². The summed E-state index contributed by atoms with van der Waals surface area (Å²) in [6, 6.07) is 1.40. The van der Waals surface area contributed by atoms with Crippen molar-refractivity contribution in [2.45, 2.75) is 24.9 Å². The number of hydrogen-bond donors (Lipinski definition) is 2. The quantitative estimate of drug-likeness (QED) is 0.887. The van der Waals surface area contributed by atoms with Crippen LogP contribution in [0.3, 0.4) is 0 Å². The summed E-state index contributed by atoms with van der Waals surface area (Å²) in [6.07, 6.45) is 4.64. The van der Waals surface area contributed by atoms with Gasteiger partial charge >= 0.3 is 5.97 Å². The van der Waals surface area contributed by atoms with Crippen LogP contribution in [0.5, 0.6) is 0 Å². The summed E-state index contributed by atoms with van der Waals surface area (Å²) < 4.78 is 5.83. The number of nitrogens with zero attached hydrogens (tertiary/aromatic N) is 1. The third-order valence-electron chi connectivity index (χ3n) is 3.92. The van der Waals surface area contributed by atoms with Crippen molar-refractivity contribution in [1.82, 2.24) is 4.98 Å². The molecule has 19 heavy (non-hydrogen) atoms. The van der Waals surface area contributed by atoms with Gasteiger partial charge in [-0.3, -0.25) is 0 Å². The fourth-order valence-electron chi connectivity index (χ4n) is 2.88. The largest absolute Gasteiger partial charge is 0.478 e. The molecular weight excluding hydrogens is 268 g/mol. The molecule has 102 valence electrons. The van der Waals surface area contributed by atoms with Crippen molar-refractivity contribution in [3.05, 3.63) is 22.8 Å². The lowest BCUT2D eigenvalue weighted by Gasteiger charge is -2.52. The summed E-state index contributed by atoms with van der Waals surface area (Å²) in [5.74, 6) is 0.282. The molecule has 2 N–H and O–H groups in total. The van der Waals surface area contributed by atoms with E-state index in [0.29, 0.717) is 17.4 Å². The van der Waals surface area contributed by atoms with Crippen LogP contribution in [0.4, 0.5) is 5.82 Å². The predicted octanol–water partition coefficient (Wildman–Crippen LogP) is 2.41. The van der Waals surface area contributed by atoms with Crippen molar-refractivity contribution < 1.29 is 14.6 Å². The third kappa shape index (κ3) is 2.40. The Morgan fingerprint density at radius 1 is 1.63 bits per heavy atom. The highest BCUT2D eigenvalue weighted by atomic mass is 35.5. The molecule has 3 heterocycles. The molecule has 2 saturated heterocycles. The minimum Gasteiger partial charge on any atom is -0.478 e. The average molecular weight is 283 g/mol. The van der Waals surface area contributed by atoms with Crippen LogP contribution < -0.4 is 5.32 Å². The van der Waals surface area contributed by atoms with E-state index in [2.05, 4.69) is 10.3 Å². The van der Waals surface area contributed by atoms with Crippen molar-refractivity contribution in [3.63, 3.8) is 0 Å². The molecule has 0 amide bonds. The molecule has 1 aromatic heterocycles. The Morgan fingerprint density at radius 2 is 2.42 bits per heavy atom. The van der Waals surface area contributed by atoms with E-state index in [1.165, 1.54) is 12.3 Å². The Bertz CT molecular complexity index is 509. The second kappa shape index (κ2) is 4.65. The molecule has 0 radical (unpaired) electrons. The van der Waals surface area contributed by atoms with Gasteiger partial charge in [0.05, 0.1) is 16.2 Å². The molecule has 2 bridgehead atoms. The number of ether oxygens (including phenoxy) is 1. The zero-order chi connectivity index (χ0) is 13.5. The summed E-state index contributed by atoms with van der Waals surface area (Å²) in [5, 5.41) is 12.3. The molecule has 0 atom stereocenters. The third-order valence-corrected chi connectivity index (χ3v) is 4.21. The first-order valence-electron chi connectivity index (χ1n) is 6.35. The minimum absolute atomic E-state index is 0.0700. The molecule has 0 spiro atoms. The van der Waals surface area contributed by atoms with Gasteiger partial charge in [0.2, 0.25) is 0 Å². The van der Waals surface area contributed by atoms with Gasteiger partial charge in [-0.25, -0.2) is 9.78 Å². The van der Waals surface area contributed by atoms with Crippen LogP contribution in [-0.2, 0) is 4.74 Å². The normalized spacial score (nSPS) is 28.6. The Labute approximate surface area is 115 Å². The Balaban J connectivity index is 1.65. The molecule has 3 fully saturated rings. The van der Waals surface area contributed by atoms with Crippen LogP contribution >= 0.6 is 11.6 Å². The first-order chi connectivity index (χ1) is 9.08. The summed E-state index contributed by atoms with van der Waals surface area (Å²) in [4.78, 5) is 14.8. The molecule has 1 aliphatic carbocycles. The zero-order valence-electron chi connectivity index (χ0n) is 10.4. The number of aromatic carboxylic acids is 1. The lowest BCUT2D eigenvalue weighted by atomic mass is 9.67. The van der Waals surface area contributed by atoms with E-state index in [0.717, 1.165) is 31.8 Å². The number of carbonyl (C=O) groups is 1. The van der Waals surface area contributed by atoms with Crippen LogP contribution in [0, 0.1) is 5.92 Å². The van der Waals surface area contributed by atoms with E-state index in [1.54, 1.807) is 0 Å². The van der Waals surface area contributed by atoms with E-state index in [-0.39, 0.29) is 11.2 Å². The number of fused-ring (bicyclic) bond motifs is 2. The number of carboxylic acid groups (broad SMARTS) is 1. The van der Waals surface area contributed by atoms with Crippen LogP contribution in [0.25, 0.3) is 0 Å². The van der Waals surface area contributed by atoms with Gasteiger partial charge in [0.1, 0.15) is 5.82 Å². The van der Waals surface area contributed by atoms with Gasteiger partial charge in [0.15, 0.2) is 0 Å². The van der Waals surface area contributed by atoms with Crippen LogP contribution in [0.15, 0.2) is 12.3 Å². The second-order valence-electron chi connectivity index (χ2n) is 5.31. The SMILES string of the molecule is O=C(O)c1cnc(NCC23CC(CCO2)C3)c(Cl)c1.